The van der Waals surface area contributed by atoms with Gasteiger partial charge in [0.2, 0.25) is 0 Å². The second kappa shape index (κ2) is 5.47. The van der Waals surface area contributed by atoms with Crippen LogP contribution in [-0.4, -0.2) is 18.3 Å². The highest BCUT2D eigenvalue weighted by Gasteiger charge is 2.20. The number of nitro groups is 1. The summed E-state index contributed by atoms with van der Waals surface area (Å²) >= 11 is 1.31. The third-order valence-corrected chi connectivity index (χ3v) is 5.88. The van der Waals surface area contributed by atoms with E-state index in [2.05, 4.69) is 4.98 Å². The average Bonchev–Trinajstić information content (AvgIpc) is 2.88. The summed E-state index contributed by atoms with van der Waals surface area (Å²) in [7, 11) is -3.67. The van der Waals surface area contributed by atoms with Gasteiger partial charge in [0.1, 0.15) is 10.8 Å². The van der Waals surface area contributed by atoms with Gasteiger partial charge in [-0.2, -0.15) is 0 Å². The minimum Gasteiger partial charge on any atom is -0.258 e. The molecule has 2 aromatic carbocycles. The first kappa shape index (κ1) is 14.6. The summed E-state index contributed by atoms with van der Waals surface area (Å²) in [6, 6.07) is 12.4. The number of non-ortho nitro benzene ring substituents is 1. The molecule has 6 nitrogen and oxygen atoms in total. The summed E-state index contributed by atoms with van der Waals surface area (Å²) in [5, 5.41) is 11.2. The molecule has 8 heteroatoms. The summed E-state index contributed by atoms with van der Waals surface area (Å²) in [6.45, 7) is 0. The number of rotatable bonds is 4. The summed E-state index contributed by atoms with van der Waals surface area (Å²) in [6.07, 6.45) is 0. The van der Waals surface area contributed by atoms with E-state index in [1.807, 2.05) is 24.3 Å². The Morgan fingerprint density at radius 3 is 2.64 bits per heavy atom. The number of hydrogen-bond acceptors (Lipinski definition) is 6. The summed E-state index contributed by atoms with van der Waals surface area (Å²) in [4.78, 5) is 14.4. The van der Waals surface area contributed by atoms with Gasteiger partial charge in [-0.05, 0) is 18.2 Å². The number of para-hydroxylation sites is 1. The maximum atomic E-state index is 12.4. The maximum absolute atomic E-state index is 12.4. The van der Waals surface area contributed by atoms with Crippen molar-refractivity contribution in [1.29, 1.82) is 0 Å². The van der Waals surface area contributed by atoms with Crippen LogP contribution in [0.1, 0.15) is 5.01 Å². The SMILES string of the molecule is O=[N+]([O-])c1cccc(S(=O)(=O)Cc2nc3ccccc3s2)c1. The summed E-state index contributed by atoms with van der Waals surface area (Å²) in [5.74, 6) is -0.270. The van der Waals surface area contributed by atoms with E-state index in [-0.39, 0.29) is 16.3 Å². The van der Waals surface area contributed by atoms with Gasteiger partial charge in [-0.15, -0.1) is 11.3 Å². The smallest absolute Gasteiger partial charge is 0.258 e. The molecule has 0 radical (unpaired) electrons. The van der Waals surface area contributed by atoms with Gasteiger partial charge < -0.3 is 0 Å². The predicted molar refractivity (Wildman–Crippen MR) is 83.6 cm³/mol. The second-order valence-electron chi connectivity index (χ2n) is 4.59. The zero-order valence-electron chi connectivity index (χ0n) is 11.2. The van der Waals surface area contributed by atoms with Crippen LogP contribution in [0.25, 0.3) is 10.2 Å². The van der Waals surface area contributed by atoms with Crippen LogP contribution < -0.4 is 0 Å². The van der Waals surface area contributed by atoms with Crippen molar-refractivity contribution in [2.75, 3.05) is 0 Å². The van der Waals surface area contributed by atoms with Gasteiger partial charge >= 0.3 is 0 Å². The Balaban J connectivity index is 1.96. The lowest BCUT2D eigenvalue weighted by molar-refractivity contribution is -0.385. The first-order valence-electron chi connectivity index (χ1n) is 6.27. The number of benzene rings is 2. The molecule has 22 heavy (non-hydrogen) atoms. The van der Waals surface area contributed by atoms with Crippen molar-refractivity contribution in [3.8, 4) is 0 Å². The third kappa shape index (κ3) is 2.83. The third-order valence-electron chi connectivity index (χ3n) is 3.04. The van der Waals surface area contributed by atoms with Crippen LogP contribution in [0.3, 0.4) is 0 Å². The van der Waals surface area contributed by atoms with Gasteiger partial charge in [0.05, 0.1) is 20.0 Å². The fourth-order valence-corrected chi connectivity index (χ4v) is 4.62. The molecule has 0 atom stereocenters. The van der Waals surface area contributed by atoms with Gasteiger partial charge in [-0.1, -0.05) is 18.2 Å². The molecular weight excluding hydrogens is 324 g/mol. The van der Waals surface area contributed by atoms with E-state index in [1.165, 1.54) is 29.5 Å². The van der Waals surface area contributed by atoms with E-state index in [4.69, 9.17) is 0 Å². The van der Waals surface area contributed by atoms with Crippen LogP contribution in [0.2, 0.25) is 0 Å². The molecule has 0 saturated heterocycles. The van der Waals surface area contributed by atoms with Crippen molar-refractivity contribution in [3.63, 3.8) is 0 Å². The maximum Gasteiger partial charge on any atom is 0.270 e. The molecular formula is C14H10N2O4S2. The Kier molecular flexibility index (Phi) is 3.63. The number of sulfone groups is 1. The predicted octanol–water partition coefficient (Wildman–Crippen LogP) is 3.18. The molecule has 1 heterocycles. The van der Waals surface area contributed by atoms with Crippen molar-refractivity contribution >= 4 is 37.1 Å². The van der Waals surface area contributed by atoms with Crippen LogP contribution in [0.4, 0.5) is 5.69 Å². The van der Waals surface area contributed by atoms with Gasteiger partial charge in [0.15, 0.2) is 9.84 Å². The Labute approximate surface area is 130 Å². The van der Waals surface area contributed by atoms with Crippen molar-refractivity contribution < 1.29 is 13.3 Å². The molecule has 3 aromatic rings. The lowest BCUT2D eigenvalue weighted by Crippen LogP contribution is -2.05. The van der Waals surface area contributed by atoms with Crippen LogP contribution in [0.15, 0.2) is 53.4 Å². The lowest BCUT2D eigenvalue weighted by Gasteiger charge is -2.02. The molecule has 0 aliphatic carbocycles. The Bertz CT molecular complexity index is 931. The highest BCUT2D eigenvalue weighted by Crippen LogP contribution is 2.26. The highest BCUT2D eigenvalue weighted by atomic mass is 32.2. The molecule has 0 amide bonds. The Morgan fingerprint density at radius 2 is 1.91 bits per heavy atom. The number of nitro benzene ring substituents is 1. The molecule has 0 saturated carbocycles. The van der Waals surface area contributed by atoms with E-state index >= 15 is 0 Å². The molecule has 3 rings (SSSR count). The molecule has 0 aliphatic rings. The summed E-state index contributed by atoms with van der Waals surface area (Å²) < 4.78 is 25.7. The minimum absolute atomic E-state index is 0.0686. The van der Waals surface area contributed by atoms with E-state index in [0.29, 0.717) is 5.01 Å². The normalized spacial score (nSPS) is 11.6. The number of fused-ring (bicyclic) bond motifs is 1. The number of thiazole rings is 1. The molecule has 0 bridgehead atoms. The van der Waals surface area contributed by atoms with Crippen molar-refractivity contribution in [2.24, 2.45) is 0 Å². The molecule has 112 valence electrons. The molecule has 0 unspecified atom stereocenters. The van der Waals surface area contributed by atoms with Crippen LogP contribution in [0, 0.1) is 10.1 Å². The monoisotopic (exact) mass is 334 g/mol. The molecule has 1 aromatic heterocycles. The Hall–Kier alpha value is -2.32. The second-order valence-corrected chi connectivity index (χ2v) is 7.69. The first-order chi connectivity index (χ1) is 10.5. The van der Waals surface area contributed by atoms with Gasteiger partial charge in [-0.25, -0.2) is 13.4 Å². The van der Waals surface area contributed by atoms with Crippen LogP contribution in [-0.2, 0) is 15.6 Å². The first-order valence-corrected chi connectivity index (χ1v) is 8.74. The van der Waals surface area contributed by atoms with Crippen LogP contribution >= 0.6 is 11.3 Å². The molecule has 0 aliphatic heterocycles. The number of nitrogens with zero attached hydrogens (tertiary/aromatic N) is 2. The van der Waals surface area contributed by atoms with Gasteiger partial charge in [-0.3, -0.25) is 10.1 Å². The fourth-order valence-electron chi connectivity index (χ4n) is 2.02. The van der Waals surface area contributed by atoms with E-state index < -0.39 is 14.8 Å². The minimum atomic E-state index is -3.67. The molecule has 0 N–H and O–H groups in total. The van der Waals surface area contributed by atoms with Crippen molar-refractivity contribution in [3.05, 3.63) is 63.7 Å². The van der Waals surface area contributed by atoms with E-state index in [9.17, 15) is 18.5 Å². The molecule has 0 fully saturated rings. The largest absolute Gasteiger partial charge is 0.270 e. The highest BCUT2D eigenvalue weighted by molar-refractivity contribution is 7.90. The molecule has 0 spiro atoms. The van der Waals surface area contributed by atoms with Crippen molar-refractivity contribution in [2.45, 2.75) is 10.6 Å². The zero-order valence-corrected chi connectivity index (χ0v) is 12.8. The topological polar surface area (TPSA) is 90.2 Å². The number of hydrogen-bond donors (Lipinski definition) is 0. The van der Waals surface area contributed by atoms with Gasteiger partial charge in [0.25, 0.3) is 5.69 Å². The van der Waals surface area contributed by atoms with Gasteiger partial charge in [0, 0.05) is 12.1 Å². The average molecular weight is 334 g/mol. The van der Waals surface area contributed by atoms with E-state index in [0.717, 1.165) is 16.3 Å². The zero-order chi connectivity index (χ0) is 15.7. The fraction of sp³-hybridized carbons (Fsp3) is 0.0714. The van der Waals surface area contributed by atoms with Crippen LogP contribution in [0.5, 0.6) is 0 Å². The Morgan fingerprint density at radius 1 is 1.14 bits per heavy atom. The van der Waals surface area contributed by atoms with Crippen molar-refractivity contribution in [1.82, 2.24) is 4.98 Å². The lowest BCUT2D eigenvalue weighted by atomic mass is 10.3. The summed E-state index contributed by atoms with van der Waals surface area (Å²) in [5.41, 5.74) is 0.502. The standard InChI is InChI=1S/C14H10N2O4S2/c17-16(18)10-4-3-5-11(8-10)22(19,20)9-14-15-12-6-1-2-7-13(12)21-14/h1-8H,9H2. The quantitative estimate of drug-likeness (QED) is 0.540. The number of aromatic nitrogens is 1. The van der Waals surface area contributed by atoms with E-state index in [1.54, 1.807) is 0 Å².